The van der Waals surface area contributed by atoms with Gasteiger partial charge in [-0.3, -0.25) is 4.79 Å². The predicted octanol–water partition coefficient (Wildman–Crippen LogP) is 4.85. The van der Waals surface area contributed by atoms with Crippen molar-refractivity contribution in [3.05, 3.63) is 77.0 Å². The van der Waals surface area contributed by atoms with Gasteiger partial charge in [0.2, 0.25) is 5.91 Å². The lowest BCUT2D eigenvalue weighted by Gasteiger charge is -2.29. The van der Waals surface area contributed by atoms with Crippen molar-refractivity contribution in [2.45, 2.75) is 37.6 Å². The number of pyridine rings is 1. The predicted molar refractivity (Wildman–Crippen MR) is 150 cm³/mol. The largest absolute Gasteiger partial charge is 0.378 e. The zero-order chi connectivity index (χ0) is 26.3. The normalized spacial score (nSPS) is 20.7. The molecule has 0 bridgehead atoms. The number of rotatable bonds is 8. The molecular weight excluding hydrogens is 514 g/mol. The van der Waals surface area contributed by atoms with Crippen LogP contribution in [0.4, 0.5) is 17.3 Å². The minimum absolute atomic E-state index is 0.0351. The van der Waals surface area contributed by atoms with Crippen molar-refractivity contribution in [3.8, 4) is 0 Å². The second-order valence-corrected chi connectivity index (χ2v) is 11.1. The Morgan fingerprint density at radius 3 is 2.72 bits per heavy atom. The van der Waals surface area contributed by atoms with E-state index in [0.717, 1.165) is 49.6 Å². The number of ether oxygens (including phenoxy) is 1. The van der Waals surface area contributed by atoms with Gasteiger partial charge in [0, 0.05) is 42.5 Å². The molecule has 4 heterocycles. The van der Waals surface area contributed by atoms with Gasteiger partial charge in [0.25, 0.3) is 0 Å². The number of halogens is 1. The van der Waals surface area contributed by atoms with Gasteiger partial charge in [-0.15, -0.1) is 0 Å². The van der Waals surface area contributed by atoms with Crippen LogP contribution in [0.2, 0.25) is 5.02 Å². The van der Waals surface area contributed by atoms with Gasteiger partial charge in [-0.2, -0.15) is 0 Å². The highest BCUT2D eigenvalue weighted by Gasteiger charge is 2.44. The number of nitrogens with one attached hydrogen (secondary N) is 2. The molecule has 200 valence electrons. The SMILES string of the molecule is O=C(Nc1cc(NCc2cn3cc(C4CC4)cc(N4CCOCC4)c3n2)ncn1)[C@H]1CC1c1cccc(Cl)c1. The van der Waals surface area contributed by atoms with Gasteiger partial charge in [0.1, 0.15) is 18.0 Å². The maximum absolute atomic E-state index is 12.8. The van der Waals surface area contributed by atoms with Crippen LogP contribution in [-0.4, -0.2) is 51.6 Å². The summed E-state index contributed by atoms with van der Waals surface area (Å²) in [6.45, 7) is 3.74. The number of anilines is 3. The van der Waals surface area contributed by atoms with Crippen molar-refractivity contribution < 1.29 is 9.53 Å². The van der Waals surface area contributed by atoms with E-state index in [1.807, 2.05) is 24.3 Å². The van der Waals surface area contributed by atoms with Crippen LogP contribution >= 0.6 is 11.6 Å². The standard InChI is InChI=1S/C29H30ClN7O2/c30-21-3-1-2-19(10-21)23-12-24(23)29(38)35-27-13-26(32-17-33-27)31-14-22-16-37-15-20(18-4-5-18)11-25(28(37)34-22)36-6-8-39-9-7-36/h1-3,10-11,13,15-18,23-24H,4-9,12,14H2,(H2,31,32,33,35,38)/t23?,24-/m0/s1. The van der Waals surface area contributed by atoms with E-state index in [-0.39, 0.29) is 17.7 Å². The molecule has 4 aromatic rings. The zero-order valence-corrected chi connectivity index (χ0v) is 22.3. The summed E-state index contributed by atoms with van der Waals surface area (Å²) in [6, 6.07) is 11.8. The third-order valence-electron chi connectivity index (χ3n) is 7.78. The minimum Gasteiger partial charge on any atom is -0.378 e. The maximum Gasteiger partial charge on any atom is 0.229 e. The van der Waals surface area contributed by atoms with E-state index in [1.165, 1.54) is 30.4 Å². The molecule has 7 rings (SSSR count). The molecule has 2 N–H and O–H groups in total. The number of morpholine rings is 1. The molecule has 10 heteroatoms. The average Bonchev–Trinajstić information content (AvgIpc) is 3.88. The monoisotopic (exact) mass is 543 g/mol. The van der Waals surface area contributed by atoms with Gasteiger partial charge in [-0.05, 0) is 60.4 Å². The third kappa shape index (κ3) is 5.29. The van der Waals surface area contributed by atoms with Crippen LogP contribution in [0.5, 0.6) is 0 Å². The first-order chi connectivity index (χ1) is 19.1. The number of imidazole rings is 1. The van der Waals surface area contributed by atoms with Gasteiger partial charge in [0.15, 0.2) is 5.65 Å². The van der Waals surface area contributed by atoms with Crippen LogP contribution in [-0.2, 0) is 16.1 Å². The Morgan fingerprint density at radius 1 is 1.05 bits per heavy atom. The smallest absolute Gasteiger partial charge is 0.229 e. The summed E-state index contributed by atoms with van der Waals surface area (Å²) in [5, 5.41) is 6.98. The van der Waals surface area contributed by atoms with Crippen molar-refractivity contribution >= 4 is 40.5 Å². The number of benzene rings is 1. The fraction of sp³-hybridized carbons (Fsp3) is 0.379. The number of hydrogen-bond acceptors (Lipinski definition) is 7. The molecule has 1 aromatic carbocycles. The van der Waals surface area contributed by atoms with Crippen LogP contribution in [0.25, 0.3) is 5.65 Å². The highest BCUT2D eigenvalue weighted by Crippen LogP contribution is 2.48. The van der Waals surface area contributed by atoms with Crippen LogP contribution in [0.1, 0.15) is 47.9 Å². The number of hydrogen-bond donors (Lipinski definition) is 2. The molecule has 3 aromatic heterocycles. The van der Waals surface area contributed by atoms with Crippen molar-refractivity contribution in [2.75, 3.05) is 41.8 Å². The summed E-state index contributed by atoms with van der Waals surface area (Å²) in [5.41, 5.74) is 5.54. The first kappa shape index (κ1) is 24.4. The van der Waals surface area contributed by atoms with E-state index < -0.39 is 0 Å². The van der Waals surface area contributed by atoms with Crippen LogP contribution in [0, 0.1) is 5.92 Å². The van der Waals surface area contributed by atoms with E-state index in [4.69, 9.17) is 21.3 Å². The molecule has 2 atom stereocenters. The van der Waals surface area contributed by atoms with Crippen LogP contribution < -0.4 is 15.5 Å². The molecule has 1 unspecified atom stereocenters. The van der Waals surface area contributed by atoms with Crippen molar-refractivity contribution in [1.82, 2.24) is 19.4 Å². The summed E-state index contributed by atoms with van der Waals surface area (Å²) in [7, 11) is 0. The van der Waals surface area contributed by atoms with Gasteiger partial charge < -0.3 is 24.7 Å². The topological polar surface area (TPSA) is 96.7 Å². The number of amides is 1. The lowest BCUT2D eigenvalue weighted by atomic mass is 10.1. The van der Waals surface area contributed by atoms with Gasteiger partial charge in [-0.1, -0.05) is 23.7 Å². The highest BCUT2D eigenvalue weighted by atomic mass is 35.5. The minimum atomic E-state index is -0.0750. The molecule has 1 aliphatic heterocycles. The summed E-state index contributed by atoms with van der Waals surface area (Å²) in [5.74, 6) is 1.85. The molecule has 1 saturated heterocycles. The molecule has 3 aliphatic rings. The first-order valence-corrected chi connectivity index (χ1v) is 13.9. The molecule has 3 fully saturated rings. The zero-order valence-electron chi connectivity index (χ0n) is 21.5. The van der Waals surface area contributed by atoms with Crippen molar-refractivity contribution in [2.24, 2.45) is 5.92 Å². The van der Waals surface area contributed by atoms with E-state index in [2.05, 4.69) is 48.4 Å². The van der Waals surface area contributed by atoms with Crippen molar-refractivity contribution in [3.63, 3.8) is 0 Å². The van der Waals surface area contributed by atoms with Crippen molar-refractivity contribution in [1.29, 1.82) is 0 Å². The second-order valence-electron chi connectivity index (χ2n) is 10.6. The highest BCUT2D eigenvalue weighted by molar-refractivity contribution is 6.30. The number of carbonyl (C=O) groups is 1. The molecule has 0 spiro atoms. The summed E-state index contributed by atoms with van der Waals surface area (Å²) >= 11 is 6.12. The summed E-state index contributed by atoms with van der Waals surface area (Å²) in [4.78, 5) is 28.8. The number of fused-ring (bicyclic) bond motifs is 1. The Labute approximate surface area is 231 Å². The maximum atomic E-state index is 12.8. The van der Waals surface area contributed by atoms with E-state index >= 15 is 0 Å². The molecule has 2 aliphatic carbocycles. The molecule has 2 saturated carbocycles. The van der Waals surface area contributed by atoms with E-state index in [9.17, 15) is 4.79 Å². The van der Waals surface area contributed by atoms with E-state index in [1.54, 1.807) is 6.07 Å². The fourth-order valence-corrected chi connectivity index (χ4v) is 5.63. The van der Waals surface area contributed by atoms with Crippen LogP contribution in [0.15, 0.2) is 55.1 Å². The Balaban J connectivity index is 1.03. The third-order valence-corrected chi connectivity index (χ3v) is 8.01. The molecule has 1 amide bonds. The lowest BCUT2D eigenvalue weighted by Crippen LogP contribution is -2.36. The quantitative estimate of drug-likeness (QED) is 0.328. The van der Waals surface area contributed by atoms with Gasteiger partial charge >= 0.3 is 0 Å². The summed E-state index contributed by atoms with van der Waals surface area (Å²) in [6.07, 6.45) is 9.09. The molecular formula is C29H30ClN7O2. The van der Waals surface area contributed by atoms with E-state index in [0.29, 0.717) is 29.1 Å². The van der Waals surface area contributed by atoms with Gasteiger partial charge in [-0.25, -0.2) is 15.0 Å². The second kappa shape index (κ2) is 10.1. The van der Waals surface area contributed by atoms with Crippen LogP contribution in [0.3, 0.4) is 0 Å². The van der Waals surface area contributed by atoms with Gasteiger partial charge in [0.05, 0.1) is 31.1 Å². The number of nitrogens with zero attached hydrogens (tertiary/aromatic N) is 5. The fourth-order valence-electron chi connectivity index (χ4n) is 5.43. The average molecular weight is 544 g/mol. The molecule has 9 nitrogen and oxygen atoms in total. The number of aromatic nitrogens is 4. The Bertz CT molecular complexity index is 1530. The molecule has 39 heavy (non-hydrogen) atoms. The molecule has 0 radical (unpaired) electrons. The Hall–Kier alpha value is -3.69. The Kier molecular flexibility index (Phi) is 6.33. The lowest BCUT2D eigenvalue weighted by molar-refractivity contribution is -0.117. The number of carbonyl (C=O) groups excluding carboxylic acids is 1. The first-order valence-electron chi connectivity index (χ1n) is 13.6. The summed E-state index contributed by atoms with van der Waals surface area (Å²) < 4.78 is 7.73. The Morgan fingerprint density at radius 2 is 1.90 bits per heavy atom.